The van der Waals surface area contributed by atoms with Gasteiger partial charge in [-0.25, -0.2) is 9.97 Å². The van der Waals surface area contributed by atoms with E-state index in [1.165, 1.54) is 12.8 Å². The Balaban J connectivity index is 2.15. The van der Waals surface area contributed by atoms with Gasteiger partial charge in [-0.2, -0.15) is 0 Å². The number of rotatable bonds is 7. The van der Waals surface area contributed by atoms with Crippen molar-refractivity contribution in [1.29, 1.82) is 0 Å². The zero-order valence-electron chi connectivity index (χ0n) is 11.1. The Morgan fingerprint density at radius 1 is 1.22 bits per heavy atom. The highest BCUT2D eigenvalue weighted by molar-refractivity contribution is 5.65. The van der Waals surface area contributed by atoms with Crippen LogP contribution in [-0.4, -0.2) is 27.5 Å². The monoisotopic (exact) mass is 247 g/mol. The summed E-state index contributed by atoms with van der Waals surface area (Å²) in [6.45, 7) is 6.08. The third-order valence-corrected chi connectivity index (χ3v) is 2.80. The fourth-order valence-electron chi connectivity index (χ4n) is 1.90. The molecule has 0 bridgehead atoms. The van der Waals surface area contributed by atoms with Crippen molar-refractivity contribution >= 4 is 17.3 Å². The van der Waals surface area contributed by atoms with Gasteiger partial charge in [0, 0.05) is 25.5 Å². The van der Waals surface area contributed by atoms with E-state index < -0.39 is 0 Å². The van der Waals surface area contributed by atoms with E-state index in [1.807, 2.05) is 16.8 Å². The van der Waals surface area contributed by atoms with Crippen molar-refractivity contribution in [1.82, 2.24) is 14.4 Å². The van der Waals surface area contributed by atoms with E-state index in [9.17, 15) is 0 Å². The van der Waals surface area contributed by atoms with E-state index in [-0.39, 0.29) is 0 Å². The van der Waals surface area contributed by atoms with Gasteiger partial charge in [-0.3, -0.25) is 0 Å². The summed E-state index contributed by atoms with van der Waals surface area (Å²) >= 11 is 0. The van der Waals surface area contributed by atoms with E-state index in [0.717, 1.165) is 36.8 Å². The third kappa shape index (κ3) is 2.91. The molecule has 0 atom stereocenters. The molecule has 0 aliphatic carbocycles. The Kier molecular flexibility index (Phi) is 4.39. The fraction of sp³-hybridized carbons (Fsp3) is 0.538. The predicted octanol–water partition coefficient (Wildman–Crippen LogP) is 2.76. The SMILES string of the molecule is CCCCCNc1nc(NCC)cn2ccnc12. The normalized spacial score (nSPS) is 10.8. The van der Waals surface area contributed by atoms with Gasteiger partial charge in [0.2, 0.25) is 0 Å². The van der Waals surface area contributed by atoms with Crippen LogP contribution >= 0.6 is 0 Å². The molecule has 2 rings (SSSR count). The standard InChI is InChI=1S/C13H21N5/c1-3-5-6-7-15-12-13-16-8-9-18(13)10-11(17-12)14-4-2/h8-10,14H,3-7H2,1-2H3,(H,15,17). The lowest BCUT2D eigenvalue weighted by Gasteiger charge is -2.09. The van der Waals surface area contributed by atoms with Crippen LogP contribution in [0.1, 0.15) is 33.1 Å². The van der Waals surface area contributed by atoms with Crippen molar-refractivity contribution in [3.63, 3.8) is 0 Å². The summed E-state index contributed by atoms with van der Waals surface area (Å²) in [6.07, 6.45) is 9.33. The summed E-state index contributed by atoms with van der Waals surface area (Å²) in [5.41, 5.74) is 0.883. The smallest absolute Gasteiger partial charge is 0.180 e. The highest BCUT2D eigenvalue weighted by Gasteiger charge is 2.06. The van der Waals surface area contributed by atoms with Crippen molar-refractivity contribution < 1.29 is 0 Å². The van der Waals surface area contributed by atoms with Gasteiger partial charge in [0.1, 0.15) is 5.82 Å². The van der Waals surface area contributed by atoms with E-state index >= 15 is 0 Å². The van der Waals surface area contributed by atoms with Crippen LogP contribution in [0.15, 0.2) is 18.6 Å². The molecule has 0 aromatic carbocycles. The van der Waals surface area contributed by atoms with Crippen LogP contribution in [0, 0.1) is 0 Å². The number of nitrogens with one attached hydrogen (secondary N) is 2. The Morgan fingerprint density at radius 2 is 2.11 bits per heavy atom. The van der Waals surface area contributed by atoms with E-state index in [1.54, 1.807) is 6.20 Å². The number of imidazole rings is 1. The molecular weight excluding hydrogens is 226 g/mol. The minimum absolute atomic E-state index is 0.856. The highest BCUT2D eigenvalue weighted by atomic mass is 15.1. The average Bonchev–Trinajstić information content (AvgIpc) is 2.83. The number of nitrogens with zero attached hydrogens (tertiary/aromatic N) is 3. The molecule has 18 heavy (non-hydrogen) atoms. The first-order chi connectivity index (χ1) is 8.85. The zero-order valence-corrected chi connectivity index (χ0v) is 11.1. The topological polar surface area (TPSA) is 54.2 Å². The van der Waals surface area contributed by atoms with Gasteiger partial charge in [-0.15, -0.1) is 0 Å². The third-order valence-electron chi connectivity index (χ3n) is 2.80. The fourth-order valence-corrected chi connectivity index (χ4v) is 1.90. The highest BCUT2D eigenvalue weighted by Crippen LogP contribution is 2.16. The van der Waals surface area contributed by atoms with Gasteiger partial charge < -0.3 is 15.0 Å². The number of unbranched alkanes of at least 4 members (excludes halogenated alkanes) is 2. The predicted molar refractivity (Wildman–Crippen MR) is 75.2 cm³/mol. The number of anilines is 2. The van der Waals surface area contributed by atoms with Gasteiger partial charge in [0.15, 0.2) is 11.5 Å². The summed E-state index contributed by atoms with van der Waals surface area (Å²) < 4.78 is 1.99. The lowest BCUT2D eigenvalue weighted by atomic mass is 10.2. The van der Waals surface area contributed by atoms with Crippen molar-refractivity contribution in [2.75, 3.05) is 23.7 Å². The van der Waals surface area contributed by atoms with Crippen LogP contribution in [0.3, 0.4) is 0 Å². The molecule has 2 aromatic rings. The van der Waals surface area contributed by atoms with Crippen LogP contribution in [0.4, 0.5) is 11.6 Å². The van der Waals surface area contributed by atoms with Gasteiger partial charge >= 0.3 is 0 Å². The average molecular weight is 247 g/mol. The van der Waals surface area contributed by atoms with Gasteiger partial charge in [0.25, 0.3) is 0 Å². The lowest BCUT2D eigenvalue weighted by Crippen LogP contribution is -2.08. The summed E-state index contributed by atoms with van der Waals surface area (Å²) in [5.74, 6) is 1.73. The molecule has 0 amide bonds. The minimum atomic E-state index is 0.856. The number of hydrogen-bond donors (Lipinski definition) is 2. The zero-order chi connectivity index (χ0) is 12.8. The lowest BCUT2D eigenvalue weighted by molar-refractivity contribution is 0.742. The Morgan fingerprint density at radius 3 is 2.89 bits per heavy atom. The molecule has 0 saturated carbocycles. The van der Waals surface area contributed by atoms with Crippen molar-refractivity contribution in [3.05, 3.63) is 18.6 Å². The van der Waals surface area contributed by atoms with Crippen LogP contribution in [0.2, 0.25) is 0 Å². The molecule has 0 aliphatic rings. The second-order valence-corrected chi connectivity index (χ2v) is 4.30. The first-order valence-corrected chi connectivity index (χ1v) is 6.66. The van der Waals surface area contributed by atoms with Crippen molar-refractivity contribution in [2.24, 2.45) is 0 Å². The maximum atomic E-state index is 4.55. The molecule has 0 aliphatic heterocycles. The summed E-state index contributed by atoms with van der Waals surface area (Å²) in [7, 11) is 0. The molecule has 2 aromatic heterocycles. The molecule has 5 nitrogen and oxygen atoms in total. The second kappa shape index (κ2) is 6.23. The van der Waals surface area contributed by atoms with Gasteiger partial charge in [-0.1, -0.05) is 19.8 Å². The first-order valence-electron chi connectivity index (χ1n) is 6.66. The maximum absolute atomic E-state index is 4.55. The molecule has 98 valence electrons. The summed E-state index contributed by atoms with van der Waals surface area (Å²) in [5, 5.41) is 6.60. The molecule has 0 unspecified atom stereocenters. The Hall–Kier alpha value is -1.78. The van der Waals surface area contributed by atoms with Crippen LogP contribution in [0.25, 0.3) is 5.65 Å². The molecule has 0 fully saturated rings. The molecule has 2 N–H and O–H groups in total. The van der Waals surface area contributed by atoms with Crippen molar-refractivity contribution in [3.8, 4) is 0 Å². The number of aromatic nitrogens is 3. The van der Waals surface area contributed by atoms with Crippen LogP contribution in [-0.2, 0) is 0 Å². The quantitative estimate of drug-likeness (QED) is 0.739. The molecule has 5 heteroatoms. The summed E-state index contributed by atoms with van der Waals surface area (Å²) in [4.78, 5) is 8.88. The second-order valence-electron chi connectivity index (χ2n) is 4.30. The van der Waals surface area contributed by atoms with Crippen molar-refractivity contribution in [2.45, 2.75) is 33.1 Å². The van der Waals surface area contributed by atoms with E-state index in [4.69, 9.17) is 0 Å². The molecular formula is C13H21N5. The van der Waals surface area contributed by atoms with Crippen LogP contribution < -0.4 is 10.6 Å². The molecule has 2 heterocycles. The minimum Gasteiger partial charge on any atom is -0.369 e. The van der Waals surface area contributed by atoms with Crippen LogP contribution in [0.5, 0.6) is 0 Å². The number of fused-ring (bicyclic) bond motifs is 1. The molecule has 0 spiro atoms. The number of hydrogen-bond acceptors (Lipinski definition) is 4. The molecule has 0 radical (unpaired) electrons. The largest absolute Gasteiger partial charge is 0.369 e. The Bertz CT molecular complexity index is 491. The van der Waals surface area contributed by atoms with E-state index in [0.29, 0.717) is 0 Å². The van der Waals surface area contributed by atoms with E-state index in [2.05, 4.69) is 34.4 Å². The molecule has 0 saturated heterocycles. The Labute approximate surface area is 108 Å². The first kappa shape index (κ1) is 12.7. The summed E-state index contributed by atoms with van der Waals surface area (Å²) in [6, 6.07) is 0. The van der Waals surface area contributed by atoms with Gasteiger partial charge in [-0.05, 0) is 13.3 Å². The van der Waals surface area contributed by atoms with Gasteiger partial charge in [0.05, 0.1) is 6.20 Å². The maximum Gasteiger partial charge on any atom is 0.180 e.